The predicted octanol–water partition coefficient (Wildman–Crippen LogP) is 0.397. The van der Waals surface area contributed by atoms with E-state index in [-0.39, 0.29) is 6.10 Å². The van der Waals surface area contributed by atoms with Gasteiger partial charge in [0, 0.05) is 19.1 Å². The van der Waals surface area contributed by atoms with Crippen LogP contribution in [0.5, 0.6) is 0 Å². The van der Waals surface area contributed by atoms with Crippen LogP contribution in [0, 0.1) is 0 Å². The number of aliphatic hydroxyl groups excluding tert-OH is 1. The van der Waals surface area contributed by atoms with Crippen molar-refractivity contribution in [3.05, 3.63) is 12.2 Å². The molecule has 1 aliphatic heterocycles. The Morgan fingerprint density at radius 1 is 1.25 bits per heavy atom. The standard InChI is InChI=1S/C11H18N4O/c16-10-4-2-1-3-9(10)14-5-6-15-8-12-13-11(15)7-14/h8-10,16H,1-7H2/t9-,10-/m1/s1. The van der Waals surface area contributed by atoms with Gasteiger partial charge < -0.3 is 9.67 Å². The number of fused-ring (bicyclic) bond motifs is 1. The van der Waals surface area contributed by atoms with Crippen LogP contribution in [0.25, 0.3) is 0 Å². The quantitative estimate of drug-likeness (QED) is 0.747. The molecule has 1 aromatic rings. The van der Waals surface area contributed by atoms with Crippen molar-refractivity contribution in [1.82, 2.24) is 19.7 Å². The van der Waals surface area contributed by atoms with Gasteiger partial charge in [-0.05, 0) is 12.8 Å². The molecule has 1 saturated carbocycles. The second-order valence-electron chi connectivity index (χ2n) is 4.83. The zero-order valence-corrected chi connectivity index (χ0v) is 9.42. The molecule has 5 nitrogen and oxygen atoms in total. The van der Waals surface area contributed by atoms with Gasteiger partial charge in [-0.1, -0.05) is 12.8 Å². The maximum absolute atomic E-state index is 10.0. The van der Waals surface area contributed by atoms with Crippen LogP contribution in [0.15, 0.2) is 6.33 Å². The zero-order chi connectivity index (χ0) is 11.0. The molecule has 16 heavy (non-hydrogen) atoms. The van der Waals surface area contributed by atoms with Crippen molar-refractivity contribution in [1.29, 1.82) is 0 Å². The van der Waals surface area contributed by atoms with E-state index in [1.54, 1.807) is 6.33 Å². The molecule has 3 rings (SSSR count). The molecular weight excluding hydrogens is 204 g/mol. The Morgan fingerprint density at radius 2 is 2.12 bits per heavy atom. The number of hydrogen-bond acceptors (Lipinski definition) is 4. The van der Waals surface area contributed by atoms with E-state index < -0.39 is 0 Å². The SMILES string of the molecule is O[C@@H]1CCCC[C@H]1N1CCn2cnnc2C1. The first-order valence-corrected chi connectivity index (χ1v) is 6.13. The minimum Gasteiger partial charge on any atom is -0.391 e. The summed E-state index contributed by atoms with van der Waals surface area (Å²) in [7, 11) is 0. The van der Waals surface area contributed by atoms with E-state index in [9.17, 15) is 5.11 Å². The topological polar surface area (TPSA) is 54.2 Å². The van der Waals surface area contributed by atoms with Crippen LogP contribution >= 0.6 is 0 Å². The fourth-order valence-corrected chi connectivity index (χ4v) is 2.89. The summed E-state index contributed by atoms with van der Waals surface area (Å²) in [4.78, 5) is 2.37. The molecule has 1 fully saturated rings. The van der Waals surface area contributed by atoms with Crippen LogP contribution < -0.4 is 0 Å². The number of rotatable bonds is 1. The third kappa shape index (κ3) is 1.74. The largest absolute Gasteiger partial charge is 0.391 e. The highest BCUT2D eigenvalue weighted by atomic mass is 16.3. The van der Waals surface area contributed by atoms with Crippen molar-refractivity contribution < 1.29 is 5.11 Å². The van der Waals surface area contributed by atoms with Crippen LogP contribution in [-0.4, -0.2) is 43.5 Å². The number of aliphatic hydroxyl groups is 1. The molecule has 1 aliphatic carbocycles. The Balaban J connectivity index is 1.72. The second-order valence-corrected chi connectivity index (χ2v) is 4.83. The van der Waals surface area contributed by atoms with Gasteiger partial charge in [0.1, 0.15) is 12.2 Å². The first kappa shape index (κ1) is 10.2. The third-order valence-corrected chi connectivity index (χ3v) is 3.83. The highest BCUT2D eigenvalue weighted by molar-refractivity contribution is 4.94. The lowest BCUT2D eigenvalue weighted by Crippen LogP contribution is -2.48. The van der Waals surface area contributed by atoms with Crippen LogP contribution in [-0.2, 0) is 13.1 Å². The number of aromatic nitrogens is 3. The molecule has 0 saturated heterocycles. The summed E-state index contributed by atoms with van der Waals surface area (Å²) < 4.78 is 2.10. The minimum absolute atomic E-state index is 0.150. The van der Waals surface area contributed by atoms with Gasteiger partial charge in [-0.2, -0.15) is 0 Å². The summed E-state index contributed by atoms with van der Waals surface area (Å²) in [6.45, 7) is 2.79. The lowest BCUT2D eigenvalue weighted by atomic mass is 9.91. The number of nitrogens with zero attached hydrogens (tertiary/aromatic N) is 4. The van der Waals surface area contributed by atoms with Gasteiger partial charge in [0.15, 0.2) is 0 Å². The van der Waals surface area contributed by atoms with E-state index in [2.05, 4.69) is 19.7 Å². The fourth-order valence-electron chi connectivity index (χ4n) is 2.89. The molecule has 0 radical (unpaired) electrons. The van der Waals surface area contributed by atoms with Crippen LogP contribution in [0.4, 0.5) is 0 Å². The van der Waals surface area contributed by atoms with E-state index in [1.807, 2.05) is 0 Å². The second kappa shape index (κ2) is 4.14. The van der Waals surface area contributed by atoms with E-state index in [4.69, 9.17) is 0 Å². The van der Waals surface area contributed by atoms with Gasteiger partial charge in [0.05, 0.1) is 12.6 Å². The Kier molecular flexibility index (Phi) is 2.65. The van der Waals surface area contributed by atoms with Crippen LogP contribution in [0.1, 0.15) is 31.5 Å². The van der Waals surface area contributed by atoms with Gasteiger partial charge in [0.25, 0.3) is 0 Å². The Hall–Kier alpha value is -0.940. The fraction of sp³-hybridized carbons (Fsp3) is 0.818. The van der Waals surface area contributed by atoms with Crippen LogP contribution in [0.3, 0.4) is 0 Å². The molecule has 0 bridgehead atoms. The summed E-state index contributed by atoms with van der Waals surface area (Å²) in [5.74, 6) is 1.03. The van der Waals surface area contributed by atoms with Crippen LogP contribution in [0.2, 0.25) is 0 Å². The Morgan fingerprint density at radius 3 is 3.00 bits per heavy atom. The van der Waals surface area contributed by atoms with E-state index in [0.29, 0.717) is 6.04 Å². The van der Waals surface area contributed by atoms with Crippen molar-refractivity contribution in [2.45, 2.75) is 50.9 Å². The Bertz CT molecular complexity index is 365. The van der Waals surface area contributed by atoms with Crippen molar-refractivity contribution in [3.63, 3.8) is 0 Å². The molecule has 2 atom stereocenters. The smallest absolute Gasteiger partial charge is 0.147 e. The molecule has 2 heterocycles. The van der Waals surface area contributed by atoms with Crippen molar-refractivity contribution in [2.24, 2.45) is 0 Å². The maximum Gasteiger partial charge on any atom is 0.147 e. The monoisotopic (exact) mass is 222 g/mol. The summed E-state index contributed by atoms with van der Waals surface area (Å²) in [5, 5.41) is 18.1. The van der Waals surface area contributed by atoms with Gasteiger partial charge >= 0.3 is 0 Å². The molecule has 5 heteroatoms. The summed E-state index contributed by atoms with van der Waals surface area (Å²) in [5.41, 5.74) is 0. The summed E-state index contributed by atoms with van der Waals surface area (Å²) in [6, 6.07) is 0.333. The predicted molar refractivity (Wildman–Crippen MR) is 58.7 cm³/mol. The van der Waals surface area contributed by atoms with E-state index >= 15 is 0 Å². The molecule has 1 N–H and O–H groups in total. The average Bonchev–Trinajstić information content (AvgIpc) is 2.76. The number of hydrogen-bond donors (Lipinski definition) is 1. The third-order valence-electron chi connectivity index (χ3n) is 3.83. The highest BCUT2D eigenvalue weighted by Crippen LogP contribution is 2.25. The first-order valence-electron chi connectivity index (χ1n) is 6.13. The highest BCUT2D eigenvalue weighted by Gasteiger charge is 2.31. The Labute approximate surface area is 95.1 Å². The van der Waals surface area contributed by atoms with Gasteiger partial charge in [0.2, 0.25) is 0 Å². The van der Waals surface area contributed by atoms with Crippen molar-refractivity contribution >= 4 is 0 Å². The normalized spacial score (nSPS) is 31.3. The maximum atomic E-state index is 10.0. The van der Waals surface area contributed by atoms with E-state index in [1.165, 1.54) is 12.8 Å². The summed E-state index contributed by atoms with van der Waals surface area (Å²) >= 11 is 0. The lowest BCUT2D eigenvalue weighted by Gasteiger charge is -2.39. The molecule has 0 amide bonds. The lowest BCUT2D eigenvalue weighted by molar-refractivity contribution is 0.00650. The average molecular weight is 222 g/mol. The molecule has 0 unspecified atom stereocenters. The molecular formula is C11H18N4O. The van der Waals surface area contributed by atoms with Gasteiger partial charge in [-0.3, -0.25) is 4.90 Å². The molecule has 2 aliphatic rings. The van der Waals surface area contributed by atoms with Crippen molar-refractivity contribution in [3.8, 4) is 0 Å². The van der Waals surface area contributed by atoms with Crippen molar-refractivity contribution in [2.75, 3.05) is 6.54 Å². The molecule has 88 valence electrons. The summed E-state index contributed by atoms with van der Waals surface area (Å²) in [6.07, 6.45) is 6.13. The first-order chi connectivity index (χ1) is 7.84. The zero-order valence-electron chi connectivity index (χ0n) is 9.42. The van der Waals surface area contributed by atoms with Gasteiger partial charge in [-0.25, -0.2) is 0 Å². The molecule has 0 aromatic carbocycles. The van der Waals surface area contributed by atoms with E-state index in [0.717, 1.165) is 38.3 Å². The molecule has 0 spiro atoms. The minimum atomic E-state index is -0.150. The molecule has 1 aromatic heterocycles. The van der Waals surface area contributed by atoms with Gasteiger partial charge in [-0.15, -0.1) is 10.2 Å².